The minimum Gasteiger partial charge on any atom is -0.453 e. The summed E-state index contributed by atoms with van der Waals surface area (Å²) in [5, 5.41) is 6.24. The Morgan fingerprint density at radius 3 is 2.81 bits per heavy atom. The van der Waals surface area contributed by atoms with Gasteiger partial charge in [0.15, 0.2) is 6.10 Å². The number of carbonyl (C=O) groups is 3. The lowest BCUT2D eigenvalue weighted by atomic mass is 10.3. The predicted octanol–water partition coefficient (Wildman–Crippen LogP) is 2.10. The van der Waals surface area contributed by atoms with Gasteiger partial charge >= 0.3 is 12.1 Å². The number of rotatable bonds is 6. The van der Waals surface area contributed by atoms with Crippen molar-refractivity contribution in [1.29, 1.82) is 0 Å². The number of nitrogens with zero attached hydrogens (tertiary/aromatic N) is 2. The molecule has 0 radical (unpaired) electrons. The Hall–Kier alpha value is -2.88. The number of hydrogen-bond donors (Lipinski definition) is 1. The fourth-order valence-electron chi connectivity index (χ4n) is 1.82. The minimum atomic E-state index is -1.18. The molecule has 1 N–H and O–H groups in total. The maximum Gasteiger partial charge on any atom is 0.413 e. The first kappa shape index (κ1) is 19.4. The van der Waals surface area contributed by atoms with Crippen molar-refractivity contribution in [3.05, 3.63) is 41.4 Å². The first-order valence-electron chi connectivity index (χ1n) is 7.50. The van der Waals surface area contributed by atoms with Crippen molar-refractivity contribution < 1.29 is 28.4 Å². The highest BCUT2D eigenvalue weighted by atomic mass is 32.2. The quantitative estimate of drug-likeness (QED) is 0.594. The fraction of sp³-hybridized carbons (Fsp3) is 0.312. The van der Waals surface area contributed by atoms with Crippen molar-refractivity contribution >= 4 is 29.7 Å². The van der Waals surface area contributed by atoms with Crippen LogP contribution in [-0.4, -0.2) is 41.3 Å². The van der Waals surface area contributed by atoms with Gasteiger partial charge in [-0.25, -0.2) is 14.6 Å². The molecule has 0 aliphatic rings. The monoisotopic (exact) mass is 379 g/mol. The molecule has 138 valence electrons. The third-order valence-electron chi connectivity index (χ3n) is 3.09. The molecule has 0 saturated carbocycles. The van der Waals surface area contributed by atoms with Gasteiger partial charge in [0.05, 0.1) is 18.4 Å². The molecule has 26 heavy (non-hydrogen) atoms. The van der Waals surface area contributed by atoms with Crippen LogP contribution in [0.5, 0.6) is 0 Å². The Kier molecular flexibility index (Phi) is 6.73. The Morgan fingerprint density at radius 2 is 2.15 bits per heavy atom. The van der Waals surface area contributed by atoms with E-state index >= 15 is 0 Å². The molecule has 0 aliphatic heterocycles. The van der Waals surface area contributed by atoms with Crippen molar-refractivity contribution in [2.75, 3.05) is 7.11 Å². The van der Waals surface area contributed by atoms with Crippen molar-refractivity contribution in [3.63, 3.8) is 0 Å². The van der Waals surface area contributed by atoms with Crippen LogP contribution < -0.4 is 5.32 Å². The number of thioether (sulfide) groups is 1. The van der Waals surface area contributed by atoms with E-state index in [9.17, 15) is 14.4 Å². The van der Waals surface area contributed by atoms with Crippen LogP contribution in [0.15, 0.2) is 33.9 Å². The Balaban J connectivity index is 2.02. The molecule has 2 aromatic heterocycles. The second kappa shape index (κ2) is 8.99. The third-order valence-corrected chi connectivity index (χ3v) is 4.13. The van der Waals surface area contributed by atoms with E-state index in [1.54, 1.807) is 25.3 Å². The van der Waals surface area contributed by atoms with Crippen LogP contribution in [0.25, 0.3) is 0 Å². The van der Waals surface area contributed by atoms with E-state index in [1.165, 1.54) is 24.8 Å². The summed E-state index contributed by atoms with van der Waals surface area (Å²) < 4.78 is 14.4. The van der Waals surface area contributed by atoms with E-state index < -0.39 is 24.1 Å². The highest BCUT2D eigenvalue weighted by Gasteiger charge is 2.23. The van der Waals surface area contributed by atoms with E-state index in [2.05, 4.69) is 14.9 Å². The topological polar surface area (TPSA) is 121 Å². The second-order valence-corrected chi connectivity index (χ2v) is 6.07. The fourth-order valence-corrected chi connectivity index (χ4v) is 2.68. The first-order chi connectivity index (χ1) is 12.4. The summed E-state index contributed by atoms with van der Waals surface area (Å²) in [6.07, 6.45) is -0.572. The molecular formula is C16H17N3O6S. The lowest BCUT2D eigenvalue weighted by Gasteiger charge is -2.13. The molecule has 0 aliphatic carbocycles. The van der Waals surface area contributed by atoms with Gasteiger partial charge in [-0.3, -0.25) is 10.1 Å². The van der Waals surface area contributed by atoms with Gasteiger partial charge in [0, 0.05) is 18.0 Å². The summed E-state index contributed by atoms with van der Waals surface area (Å²) in [7, 11) is 1.12. The van der Waals surface area contributed by atoms with Crippen molar-refractivity contribution in [3.8, 4) is 0 Å². The zero-order valence-electron chi connectivity index (χ0n) is 14.3. The summed E-state index contributed by atoms with van der Waals surface area (Å²) in [6, 6.07) is 4.91. The standard InChI is InChI=1S/C16H17N3O6S/c1-9-7-11(19-25-9)8-26-14-12(5-4-6-17-14)15(21)24-10(2)13(20)18-16(22)23-3/h4-7,10H,8H2,1-3H3,(H,18,20,22)/t10-/m1/s1. The van der Waals surface area contributed by atoms with Gasteiger partial charge in [-0.05, 0) is 26.0 Å². The molecule has 2 amide bonds. The number of aryl methyl sites for hydroxylation is 1. The van der Waals surface area contributed by atoms with E-state index in [-0.39, 0.29) is 5.56 Å². The number of esters is 1. The SMILES string of the molecule is COC(=O)NC(=O)[C@@H](C)OC(=O)c1cccnc1SCc1cc(C)on1. The zero-order chi connectivity index (χ0) is 19.1. The summed E-state index contributed by atoms with van der Waals surface area (Å²) >= 11 is 1.28. The van der Waals surface area contributed by atoms with Crippen LogP contribution >= 0.6 is 11.8 Å². The Morgan fingerprint density at radius 1 is 1.38 bits per heavy atom. The number of aromatic nitrogens is 2. The van der Waals surface area contributed by atoms with Gasteiger partial charge in [0.2, 0.25) is 0 Å². The summed E-state index contributed by atoms with van der Waals surface area (Å²) in [5.74, 6) is -0.384. The molecule has 1 atom stereocenters. The third kappa shape index (κ3) is 5.31. The molecule has 9 nitrogen and oxygen atoms in total. The lowest BCUT2D eigenvalue weighted by molar-refractivity contribution is -0.128. The van der Waals surface area contributed by atoms with Gasteiger partial charge < -0.3 is 14.0 Å². The molecule has 0 aromatic carbocycles. The summed E-state index contributed by atoms with van der Waals surface area (Å²) in [6.45, 7) is 3.13. The normalized spacial score (nSPS) is 11.5. The van der Waals surface area contributed by atoms with Gasteiger partial charge in [0.25, 0.3) is 5.91 Å². The van der Waals surface area contributed by atoms with Gasteiger partial charge in [0.1, 0.15) is 10.8 Å². The number of imide groups is 1. The molecule has 2 rings (SSSR count). The van der Waals surface area contributed by atoms with Crippen molar-refractivity contribution in [2.45, 2.75) is 30.7 Å². The molecule has 0 spiro atoms. The average molecular weight is 379 g/mol. The van der Waals surface area contributed by atoms with Crippen LogP contribution in [0.1, 0.15) is 28.7 Å². The van der Waals surface area contributed by atoms with Gasteiger partial charge in [-0.1, -0.05) is 16.9 Å². The summed E-state index contributed by atoms with van der Waals surface area (Å²) in [5.41, 5.74) is 0.915. The number of nitrogens with one attached hydrogen (secondary N) is 1. The van der Waals surface area contributed by atoms with Crippen LogP contribution in [0.3, 0.4) is 0 Å². The molecule has 0 saturated heterocycles. The zero-order valence-corrected chi connectivity index (χ0v) is 15.2. The maximum atomic E-state index is 12.3. The van der Waals surface area contributed by atoms with Gasteiger partial charge in [-0.2, -0.15) is 0 Å². The molecule has 2 heterocycles. The van der Waals surface area contributed by atoms with Crippen molar-refractivity contribution in [2.24, 2.45) is 0 Å². The van der Waals surface area contributed by atoms with E-state index in [4.69, 9.17) is 9.26 Å². The number of alkyl carbamates (subject to hydrolysis) is 1. The van der Waals surface area contributed by atoms with Crippen LogP contribution in [-0.2, 0) is 20.0 Å². The molecule has 0 unspecified atom stereocenters. The van der Waals surface area contributed by atoms with E-state index in [1.807, 2.05) is 5.32 Å². The van der Waals surface area contributed by atoms with E-state index in [0.29, 0.717) is 22.2 Å². The Labute approximate surface area is 153 Å². The smallest absolute Gasteiger partial charge is 0.413 e. The number of amides is 2. The maximum absolute atomic E-state index is 12.3. The first-order valence-corrected chi connectivity index (χ1v) is 8.49. The molecular weight excluding hydrogens is 362 g/mol. The van der Waals surface area contributed by atoms with Crippen LogP contribution in [0.4, 0.5) is 4.79 Å². The van der Waals surface area contributed by atoms with Gasteiger partial charge in [-0.15, -0.1) is 0 Å². The number of carbonyl (C=O) groups excluding carboxylic acids is 3. The predicted molar refractivity (Wildman–Crippen MR) is 90.5 cm³/mol. The molecule has 0 bridgehead atoms. The summed E-state index contributed by atoms with van der Waals surface area (Å²) in [4.78, 5) is 39.3. The molecule has 10 heteroatoms. The Bertz CT molecular complexity index is 807. The number of pyridine rings is 1. The second-order valence-electron chi connectivity index (χ2n) is 5.10. The number of methoxy groups -OCH3 is 1. The van der Waals surface area contributed by atoms with Crippen LogP contribution in [0.2, 0.25) is 0 Å². The highest BCUT2D eigenvalue weighted by molar-refractivity contribution is 7.98. The highest BCUT2D eigenvalue weighted by Crippen LogP contribution is 2.24. The average Bonchev–Trinajstić information content (AvgIpc) is 3.05. The largest absolute Gasteiger partial charge is 0.453 e. The van der Waals surface area contributed by atoms with Crippen molar-refractivity contribution in [1.82, 2.24) is 15.5 Å². The van der Waals surface area contributed by atoms with Crippen LogP contribution in [0, 0.1) is 6.92 Å². The van der Waals surface area contributed by atoms with E-state index in [0.717, 1.165) is 7.11 Å². The minimum absolute atomic E-state index is 0.204. The number of hydrogen-bond acceptors (Lipinski definition) is 9. The molecule has 2 aromatic rings. The molecule has 0 fully saturated rings. The number of ether oxygens (including phenoxy) is 2. The lowest BCUT2D eigenvalue weighted by Crippen LogP contribution is -2.39.